The first kappa shape index (κ1) is 15.4. The Morgan fingerprint density at radius 1 is 1.24 bits per heavy atom. The van der Waals surface area contributed by atoms with Gasteiger partial charge in [-0.1, -0.05) is 34.1 Å². The maximum atomic E-state index is 12.9. The van der Waals surface area contributed by atoms with E-state index in [4.69, 9.17) is 0 Å². The smallest absolute Gasteiger partial charge is 0.282 e. The van der Waals surface area contributed by atoms with Crippen molar-refractivity contribution in [2.24, 2.45) is 0 Å². The van der Waals surface area contributed by atoms with Crippen LogP contribution in [-0.4, -0.2) is 49.2 Å². The molecule has 21 heavy (non-hydrogen) atoms. The molecule has 5 nitrogen and oxygen atoms in total. The fraction of sp³-hybridized carbons (Fsp3) is 0.571. The second kappa shape index (κ2) is 6.34. The number of rotatable bonds is 5. The second-order valence-corrected chi connectivity index (χ2v) is 8.26. The van der Waals surface area contributed by atoms with Gasteiger partial charge in [-0.2, -0.15) is 17.0 Å². The van der Waals surface area contributed by atoms with Gasteiger partial charge >= 0.3 is 0 Å². The molecule has 116 valence electrons. The van der Waals surface area contributed by atoms with Crippen molar-refractivity contribution in [1.29, 1.82) is 0 Å². The molecular weight excluding hydrogens is 354 g/mol. The molecule has 1 aromatic rings. The number of benzene rings is 1. The van der Waals surface area contributed by atoms with E-state index in [9.17, 15) is 8.42 Å². The Labute approximate surface area is 134 Å². The molecule has 0 amide bonds. The van der Waals surface area contributed by atoms with E-state index >= 15 is 0 Å². The van der Waals surface area contributed by atoms with Crippen molar-refractivity contribution in [2.75, 3.05) is 26.2 Å². The zero-order chi connectivity index (χ0) is 14.9. The van der Waals surface area contributed by atoms with Crippen LogP contribution in [0.4, 0.5) is 0 Å². The summed E-state index contributed by atoms with van der Waals surface area (Å²) in [5.41, 5.74) is 1.02. The summed E-state index contributed by atoms with van der Waals surface area (Å²) < 4.78 is 30.0. The summed E-state index contributed by atoms with van der Waals surface area (Å²) in [4.78, 5) is 0. The lowest BCUT2D eigenvalue weighted by molar-refractivity contribution is 0.304. The van der Waals surface area contributed by atoms with Crippen LogP contribution in [0.3, 0.4) is 0 Å². The standard InChI is InChI=1S/C14H20BrN3O2S/c15-14-4-2-1-3-12(14)11-18(13-5-6-13)21(19,20)17-9-7-16-8-10-17/h1-4,13,16H,5-11H2. The second-order valence-electron chi connectivity index (χ2n) is 5.52. The van der Waals surface area contributed by atoms with Crippen LogP contribution in [0.15, 0.2) is 28.7 Å². The predicted molar refractivity (Wildman–Crippen MR) is 86.1 cm³/mol. The van der Waals surface area contributed by atoms with Gasteiger partial charge in [0.05, 0.1) is 0 Å². The normalized spacial score (nSPS) is 20.9. The molecule has 0 bridgehead atoms. The maximum absolute atomic E-state index is 12.9. The molecule has 1 aliphatic carbocycles. The van der Waals surface area contributed by atoms with Gasteiger partial charge in [0, 0.05) is 43.2 Å². The van der Waals surface area contributed by atoms with E-state index < -0.39 is 10.2 Å². The van der Waals surface area contributed by atoms with E-state index in [1.54, 1.807) is 8.61 Å². The van der Waals surface area contributed by atoms with E-state index in [0.717, 1.165) is 36.0 Å². The fourth-order valence-electron chi connectivity index (χ4n) is 2.58. The molecule has 1 saturated carbocycles. The van der Waals surface area contributed by atoms with Crippen LogP contribution in [-0.2, 0) is 16.8 Å². The summed E-state index contributed by atoms with van der Waals surface area (Å²) in [5.74, 6) is 0. The van der Waals surface area contributed by atoms with Crippen LogP contribution in [0.1, 0.15) is 18.4 Å². The third kappa shape index (κ3) is 3.48. The molecule has 0 atom stereocenters. The quantitative estimate of drug-likeness (QED) is 0.851. The molecule has 1 saturated heterocycles. The van der Waals surface area contributed by atoms with E-state index in [2.05, 4.69) is 21.2 Å². The lowest BCUT2D eigenvalue weighted by Crippen LogP contribution is -2.52. The highest BCUT2D eigenvalue weighted by molar-refractivity contribution is 9.10. The van der Waals surface area contributed by atoms with Crippen LogP contribution < -0.4 is 5.32 Å². The first-order valence-electron chi connectivity index (χ1n) is 7.30. The van der Waals surface area contributed by atoms with Crippen LogP contribution in [0, 0.1) is 0 Å². The van der Waals surface area contributed by atoms with Gasteiger partial charge in [-0.05, 0) is 24.5 Å². The Hall–Kier alpha value is -0.470. The molecular formula is C14H20BrN3O2S. The van der Waals surface area contributed by atoms with Gasteiger partial charge in [0.15, 0.2) is 0 Å². The maximum Gasteiger partial charge on any atom is 0.282 e. The number of halogens is 1. The summed E-state index contributed by atoms with van der Waals surface area (Å²) in [6.07, 6.45) is 1.94. The largest absolute Gasteiger partial charge is 0.314 e. The minimum Gasteiger partial charge on any atom is -0.314 e. The number of hydrogen-bond donors (Lipinski definition) is 1. The molecule has 7 heteroatoms. The average Bonchev–Trinajstić information content (AvgIpc) is 3.31. The topological polar surface area (TPSA) is 52.7 Å². The summed E-state index contributed by atoms with van der Waals surface area (Å²) in [6, 6.07) is 7.99. The Balaban J connectivity index is 1.82. The van der Waals surface area contributed by atoms with E-state index in [0.29, 0.717) is 19.6 Å². The molecule has 1 aromatic carbocycles. The highest BCUT2D eigenvalue weighted by Crippen LogP contribution is 2.33. The fourth-order valence-corrected chi connectivity index (χ4v) is 4.82. The molecule has 0 aromatic heterocycles. The summed E-state index contributed by atoms with van der Waals surface area (Å²) in [5, 5.41) is 3.20. The van der Waals surface area contributed by atoms with Crippen molar-refractivity contribution < 1.29 is 8.42 Å². The highest BCUT2D eigenvalue weighted by atomic mass is 79.9. The SMILES string of the molecule is O=S(=O)(N1CCNCC1)N(Cc1ccccc1Br)C1CC1. The van der Waals surface area contributed by atoms with Crippen molar-refractivity contribution in [1.82, 2.24) is 13.9 Å². The van der Waals surface area contributed by atoms with Gasteiger partial charge in [-0.3, -0.25) is 0 Å². The van der Waals surface area contributed by atoms with Gasteiger partial charge in [0.25, 0.3) is 10.2 Å². The van der Waals surface area contributed by atoms with Gasteiger partial charge in [-0.25, -0.2) is 0 Å². The number of piperazine rings is 1. The Morgan fingerprint density at radius 2 is 1.90 bits per heavy atom. The third-order valence-corrected chi connectivity index (χ3v) is 6.75. The molecule has 2 fully saturated rings. The zero-order valence-electron chi connectivity index (χ0n) is 11.8. The molecule has 0 radical (unpaired) electrons. The molecule has 1 N–H and O–H groups in total. The summed E-state index contributed by atoms with van der Waals surface area (Å²) >= 11 is 3.51. The van der Waals surface area contributed by atoms with Crippen molar-refractivity contribution in [3.63, 3.8) is 0 Å². The van der Waals surface area contributed by atoms with Crippen LogP contribution in [0.2, 0.25) is 0 Å². The lowest BCUT2D eigenvalue weighted by Gasteiger charge is -2.32. The molecule has 2 aliphatic rings. The molecule has 1 aliphatic heterocycles. The van der Waals surface area contributed by atoms with E-state index in [1.807, 2.05) is 24.3 Å². The molecule has 1 heterocycles. The van der Waals surface area contributed by atoms with Crippen LogP contribution in [0.5, 0.6) is 0 Å². The van der Waals surface area contributed by atoms with E-state index in [1.165, 1.54) is 0 Å². The lowest BCUT2D eigenvalue weighted by atomic mass is 10.2. The monoisotopic (exact) mass is 373 g/mol. The Kier molecular flexibility index (Phi) is 4.66. The Bertz CT molecular complexity index is 598. The van der Waals surface area contributed by atoms with E-state index in [-0.39, 0.29) is 6.04 Å². The zero-order valence-corrected chi connectivity index (χ0v) is 14.2. The van der Waals surface area contributed by atoms with Gasteiger partial charge in [0.2, 0.25) is 0 Å². The van der Waals surface area contributed by atoms with Crippen molar-refractivity contribution >= 4 is 26.1 Å². The summed E-state index contributed by atoms with van der Waals surface area (Å²) in [6.45, 7) is 3.01. The number of nitrogens with zero attached hydrogens (tertiary/aromatic N) is 2. The first-order valence-corrected chi connectivity index (χ1v) is 9.49. The van der Waals surface area contributed by atoms with Crippen molar-refractivity contribution in [2.45, 2.75) is 25.4 Å². The minimum atomic E-state index is -3.37. The highest BCUT2D eigenvalue weighted by Gasteiger charge is 2.40. The first-order chi connectivity index (χ1) is 10.1. The predicted octanol–water partition coefficient (Wildman–Crippen LogP) is 1.56. The summed E-state index contributed by atoms with van der Waals surface area (Å²) in [7, 11) is -3.37. The van der Waals surface area contributed by atoms with Gasteiger partial charge < -0.3 is 5.32 Å². The van der Waals surface area contributed by atoms with Crippen LogP contribution in [0.25, 0.3) is 0 Å². The Morgan fingerprint density at radius 3 is 2.52 bits per heavy atom. The molecule has 3 rings (SSSR count). The third-order valence-electron chi connectivity index (χ3n) is 3.94. The molecule has 0 spiro atoms. The molecule has 0 unspecified atom stereocenters. The van der Waals surface area contributed by atoms with Crippen molar-refractivity contribution in [3.8, 4) is 0 Å². The van der Waals surface area contributed by atoms with Gasteiger partial charge in [-0.15, -0.1) is 0 Å². The average molecular weight is 374 g/mol. The number of nitrogens with one attached hydrogen (secondary N) is 1. The minimum absolute atomic E-state index is 0.164. The van der Waals surface area contributed by atoms with Crippen molar-refractivity contribution in [3.05, 3.63) is 34.3 Å². The van der Waals surface area contributed by atoms with Gasteiger partial charge in [0.1, 0.15) is 0 Å². The number of hydrogen-bond acceptors (Lipinski definition) is 3. The van der Waals surface area contributed by atoms with Crippen LogP contribution >= 0.6 is 15.9 Å².